The number of benzene rings is 1. The Labute approximate surface area is 192 Å². The number of sulfonamides is 1. The average Bonchev–Trinajstić information content (AvgIpc) is 2.79. The lowest BCUT2D eigenvalue weighted by atomic mass is 10.3. The second-order valence-corrected chi connectivity index (χ2v) is 9.17. The first-order valence-corrected chi connectivity index (χ1v) is 12.0. The van der Waals surface area contributed by atoms with E-state index in [1.807, 2.05) is 6.92 Å². The van der Waals surface area contributed by atoms with Gasteiger partial charge in [0.1, 0.15) is 11.6 Å². The van der Waals surface area contributed by atoms with Gasteiger partial charge in [-0.05, 0) is 37.4 Å². The molecule has 33 heavy (non-hydrogen) atoms. The highest BCUT2D eigenvalue weighted by molar-refractivity contribution is 7.89. The van der Waals surface area contributed by atoms with Crippen molar-refractivity contribution in [1.82, 2.24) is 29.8 Å². The number of primary sulfonamides is 1. The van der Waals surface area contributed by atoms with Gasteiger partial charge in [-0.25, -0.2) is 18.5 Å². The summed E-state index contributed by atoms with van der Waals surface area (Å²) in [6.45, 7) is 5.59. The quantitative estimate of drug-likeness (QED) is 0.454. The highest BCUT2D eigenvalue weighted by Gasteiger charge is 2.18. The number of likely N-dealkylation sites (N-methyl/N-ethyl adjacent to an activating group) is 1. The largest absolute Gasteiger partial charge is 0.340 e. The fourth-order valence-corrected chi connectivity index (χ4v) is 3.75. The molecule has 0 unspecified atom stereocenters. The number of piperazine rings is 1. The molecule has 1 aromatic carbocycles. The number of anilines is 5. The van der Waals surface area contributed by atoms with Gasteiger partial charge in [-0.15, -0.1) is 0 Å². The van der Waals surface area contributed by atoms with Gasteiger partial charge < -0.3 is 15.1 Å². The van der Waals surface area contributed by atoms with Gasteiger partial charge >= 0.3 is 0 Å². The molecule has 2 aromatic heterocycles. The Morgan fingerprint density at radius 3 is 2.33 bits per heavy atom. The van der Waals surface area contributed by atoms with Crippen molar-refractivity contribution in [1.29, 1.82) is 0 Å². The average molecular weight is 471 g/mol. The fourth-order valence-electron chi connectivity index (χ4n) is 3.23. The fraction of sp³-hybridized carbons (Fsp3) is 0.350. The summed E-state index contributed by atoms with van der Waals surface area (Å²) < 4.78 is 22.8. The smallest absolute Gasteiger partial charge is 0.238 e. The van der Waals surface area contributed by atoms with Crippen LogP contribution in [0.2, 0.25) is 0 Å². The summed E-state index contributed by atoms with van der Waals surface area (Å²) in [4.78, 5) is 26.8. The molecule has 4 N–H and O–H groups in total. The Bertz CT molecular complexity index is 1210. The Balaban J connectivity index is 1.50. The van der Waals surface area contributed by atoms with E-state index in [-0.39, 0.29) is 4.90 Å². The monoisotopic (exact) mass is 470 g/mol. The van der Waals surface area contributed by atoms with Crippen LogP contribution in [0.15, 0.2) is 41.4 Å². The molecule has 0 radical (unpaired) electrons. The molecule has 0 bridgehead atoms. The molecule has 174 valence electrons. The third-order valence-corrected chi connectivity index (χ3v) is 6.04. The van der Waals surface area contributed by atoms with Crippen LogP contribution in [0, 0.1) is 0 Å². The predicted molar refractivity (Wildman–Crippen MR) is 125 cm³/mol. The normalized spacial score (nSPS) is 14.8. The zero-order chi connectivity index (χ0) is 23.4. The van der Waals surface area contributed by atoms with Gasteiger partial charge in [0.2, 0.25) is 27.9 Å². The minimum Gasteiger partial charge on any atom is -0.340 e. The number of aromatic nitrogens is 5. The van der Waals surface area contributed by atoms with Gasteiger partial charge in [0, 0.05) is 44.5 Å². The van der Waals surface area contributed by atoms with Crippen molar-refractivity contribution >= 4 is 39.4 Å². The molecule has 3 heterocycles. The van der Waals surface area contributed by atoms with Crippen LogP contribution in [-0.4, -0.2) is 71.5 Å². The van der Waals surface area contributed by atoms with Crippen LogP contribution in [0.4, 0.5) is 29.4 Å². The van der Waals surface area contributed by atoms with E-state index in [0.29, 0.717) is 41.6 Å². The third-order valence-electron chi connectivity index (χ3n) is 5.11. The highest BCUT2D eigenvalue weighted by atomic mass is 32.2. The van der Waals surface area contributed by atoms with Gasteiger partial charge in [0.05, 0.1) is 4.90 Å². The zero-order valence-corrected chi connectivity index (χ0v) is 19.2. The lowest BCUT2D eigenvalue weighted by molar-refractivity contribution is 0.311. The van der Waals surface area contributed by atoms with E-state index in [0.717, 1.165) is 26.2 Å². The van der Waals surface area contributed by atoms with Gasteiger partial charge in [0.15, 0.2) is 0 Å². The standard InChI is InChI=1S/C20H26N10O2S/c1-3-16-24-19(28-20(26-16)30-12-10-29(2)11-13-30)27-18-22-9-8-17(25-18)23-14-4-6-15(7-5-14)33(21,31)32/h4-9H,3,10-13H2,1-2H3,(H2,21,31,32)(H2,22,23,24,25,26,27,28). The Kier molecular flexibility index (Phi) is 6.62. The molecule has 3 aromatic rings. The van der Waals surface area contributed by atoms with Crippen molar-refractivity contribution in [2.75, 3.05) is 48.8 Å². The first kappa shape index (κ1) is 22.8. The van der Waals surface area contributed by atoms with Crippen LogP contribution in [0.1, 0.15) is 12.7 Å². The van der Waals surface area contributed by atoms with E-state index in [9.17, 15) is 8.42 Å². The van der Waals surface area contributed by atoms with Crippen LogP contribution < -0.4 is 20.7 Å². The Morgan fingerprint density at radius 2 is 1.67 bits per heavy atom. The van der Waals surface area contributed by atoms with E-state index in [1.165, 1.54) is 12.1 Å². The molecule has 1 fully saturated rings. The molecule has 1 aliphatic heterocycles. The van der Waals surface area contributed by atoms with Crippen molar-refractivity contribution in [3.05, 3.63) is 42.4 Å². The molecule has 0 saturated carbocycles. The van der Waals surface area contributed by atoms with Crippen molar-refractivity contribution in [3.63, 3.8) is 0 Å². The lowest BCUT2D eigenvalue weighted by Crippen LogP contribution is -2.45. The number of rotatable bonds is 7. The SMILES string of the molecule is CCc1nc(Nc2nccc(Nc3ccc(S(N)(=O)=O)cc3)n2)nc(N2CCN(C)CC2)n1. The number of hydrogen-bond acceptors (Lipinski definition) is 11. The number of aryl methyl sites for hydroxylation is 1. The van der Waals surface area contributed by atoms with Crippen LogP contribution in [-0.2, 0) is 16.4 Å². The summed E-state index contributed by atoms with van der Waals surface area (Å²) >= 11 is 0. The van der Waals surface area contributed by atoms with Crippen molar-refractivity contribution < 1.29 is 8.42 Å². The van der Waals surface area contributed by atoms with Crippen LogP contribution >= 0.6 is 0 Å². The molecule has 0 aliphatic carbocycles. The molecule has 1 saturated heterocycles. The molecule has 0 amide bonds. The summed E-state index contributed by atoms with van der Waals surface area (Å²) in [6.07, 6.45) is 2.27. The summed E-state index contributed by atoms with van der Waals surface area (Å²) in [5, 5.41) is 11.3. The molecular formula is C20H26N10O2S. The lowest BCUT2D eigenvalue weighted by Gasteiger charge is -2.32. The number of hydrogen-bond donors (Lipinski definition) is 3. The maximum atomic E-state index is 11.4. The highest BCUT2D eigenvalue weighted by Crippen LogP contribution is 2.19. The maximum Gasteiger partial charge on any atom is 0.238 e. The summed E-state index contributed by atoms with van der Waals surface area (Å²) in [5.41, 5.74) is 0.651. The van der Waals surface area contributed by atoms with E-state index >= 15 is 0 Å². The Hall–Kier alpha value is -3.42. The van der Waals surface area contributed by atoms with Crippen molar-refractivity contribution in [2.45, 2.75) is 18.2 Å². The minimum absolute atomic E-state index is 0.0378. The molecule has 12 nitrogen and oxygen atoms in total. The van der Waals surface area contributed by atoms with Gasteiger partial charge in [-0.1, -0.05) is 6.92 Å². The minimum atomic E-state index is -3.74. The molecular weight excluding hydrogens is 444 g/mol. The van der Waals surface area contributed by atoms with E-state index < -0.39 is 10.0 Å². The third kappa shape index (κ3) is 5.88. The van der Waals surface area contributed by atoms with Crippen LogP contribution in [0.25, 0.3) is 0 Å². The van der Waals surface area contributed by atoms with E-state index in [2.05, 4.69) is 52.4 Å². The van der Waals surface area contributed by atoms with Gasteiger partial charge in [-0.2, -0.15) is 19.9 Å². The zero-order valence-electron chi connectivity index (χ0n) is 18.4. The second kappa shape index (κ2) is 9.60. The molecule has 0 atom stereocenters. The topological polar surface area (TPSA) is 155 Å². The molecule has 1 aliphatic rings. The Morgan fingerprint density at radius 1 is 0.939 bits per heavy atom. The summed E-state index contributed by atoms with van der Waals surface area (Å²) in [5.74, 6) is 2.54. The summed E-state index contributed by atoms with van der Waals surface area (Å²) in [6, 6.07) is 7.76. The van der Waals surface area contributed by atoms with Crippen molar-refractivity contribution in [3.8, 4) is 0 Å². The maximum absolute atomic E-state index is 11.4. The van der Waals surface area contributed by atoms with E-state index in [1.54, 1.807) is 24.4 Å². The van der Waals surface area contributed by atoms with Crippen LogP contribution in [0.5, 0.6) is 0 Å². The molecule has 13 heteroatoms. The van der Waals surface area contributed by atoms with Crippen LogP contribution in [0.3, 0.4) is 0 Å². The number of nitrogens with zero attached hydrogens (tertiary/aromatic N) is 7. The number of nitrogens with two attached hydrogens (primary N) is 1. The molecule has 0 spiro atoms. The van der Waals surface area contributed by atoms with Gasteiger partial charge in [-0.3, -0.25) is 5.32 Å². The first-order chi connectivity index (χ1) is 15.8. The predicted octanol–water partition coefficient (Wildman–Crippen LogP) is 1.11. The first-order valence-electron chi connectivity index (χ1n) is 10.5. The molecule has 4 rings (SSSR count). The van der Waals surface area contributed by atoms with Crippen molar-refractivity contribution in [2.24, 2.45) is 5.14 Å². The summed E-state index contributed by atoms with van der Waals surface area (Å²) in [7, 11) is -1.64. The second-order valence-electron chi connectivity index (χ2n) is 7.60. The van der Waals surface area contributed by atoms with E-state index in [4.69, 9.17) is 5.14 Å². The van der Waals surface area contributed by atoms with Gasteiger partial charge in [0.25, 0.3) is 0 Å². The number of nitrogens with one attached hydrogen (secondary N) is 2.